The molecule has 0 bridgehead atoms. The van der Waals surface area contributed by atoms with Gasteiger partial charge in [0.1, 0.15) is 5.82 Å². The van der Waals surface area contributed by atoms with Crippen LogP contribution in [-0.2, 0) is 0 Å². The van der Waals surface area contributed by atoms with E-state index in [0.717, 1.165) is 11.1 Å². The Labute approximate surface area is 133 Å². The molecule has 3 aromatic carbocycles. The van der Waals surface area contributed by atoms with E-state index in [0.29, 0.717) is 11.4 Å². The number of carbonyl (C=O) groups is 1. The average Bonchev–Trinajstić information content (AvgIpc) is 2.56. The van der Waals surface area contributed by atoms with Gasteiger partial charge in [-0.1, -0.05) is 48.5 Å². The average molecular weight is 306 g/mol. The largest absolute Gasteiger partial charge is 0.323 e. The lowest BCUT2D eigenvalue weighted by molar-refractivity contribution is 0.262. The second-order valence-corrected chi connectivity index (χ2v) is 5.03. The van der Waals surface area contributed by atoms with E-state index in [-0.39, 0.29) is 0 Å². The SMILES string of the molecule is O=C(Nc1ccc(-c2ccccc2)cc1)Nc1cccc(F)c1. The van der Waals surface area contributed by atoms with Gasteiger partial charge in [0.2, 0.25) is 0 Å². The lowest BCUT2D eigenvalue weighted by Crippen LogP contribution is -2.19. The van der Waals surface area contributed by atoms with Crippen molar-refractivity contribution in [2.45, 2.75) is 0 Å². The minimum atomic E-state index is -0.414. The van der Waals surface area contributed by atoms with Crippen LogP contribution in [0.4, 0.5) is 20.6 Å². The summed E-state index contributed by atoms with van der Waals surface area (Å²) in [6.07, 6.45) is 0. The van der Waals surface area contributed by atoms with Crippen LogP contribution in [-0.4, -0.2) is 6.03 Å². The van der Waals surface area contributed by atoms with Crippen molar-refractivity contribution < 1.29 is 9.18 Å². The Morgan fingerprint density at radius 2 is 1.35 bits per heavy atom. The first-order valence-electron chi connectivity index (χ1n) is 7.20. The predicted octanol–water partition coefficient (Wildman–Crippen LogP) is 5.14. The topological polar surface area (TPSA) is 41.1 Å². The highest BCUT2D eigenvalue weighted by Crippen LogP contribution is 2.21. The Hall–Kier alpha value is -3.14. The monoisotopic (exact) mass is 306 g/mol. The maximum Gasteiger partial charge on any atom is 0.323 e. The van der Waals surface area contributed by atoms with Crippen molar-refractivity contribution in [3.05, 3.63) is 84.7 Å². The van der Waals surface area contributed by atoms with Gasteiger partial charge in [0.25, 0.3) is 0 Å². The van der Waals surface area contributed by atoms with Crippen LogP contribution in [0.5, 0.6) is 0 Å². The molecule has 0 unspecified atom stereocenters. The number of carbonyl (C=O) groups excluding carboxylic acids is 1. The quantitative estimate of drug-likeness (QED) is 0.691. The van der Waals surface area contributed by atoms with E-state index in [1.807, 2.05) is 54.6 Å². The Morgan fingerprint density at radius 1 is 0.696 bits per heavy atom. The summed E-state index contributed by atoms with van der Waals surface area (Å²) in [6.45, 7) is 0. The van der Waals surface area contributed by atoms with Crippen LogP contribution in [0.15, 0.2) is 78.9 Å². The number of amides is 2. The number of urea groups is 1. The van der Waals surface area contributed by atoms with Gasteiger partial charge in [-0.05, 0) is 41.5 Å². The Balaban J connectivity index is 1.65. The summed E-state index contributed by atoms with van der Waals surface area (Å²) in [6, 6.07) is 22.9. The third-order valence-corrected chi connectivity index (χ3v) is 3.33. The lowest BCUT2D eigenvalue weighted by atomic mass is 10.1. The molecule has 0 atom stereocenters. The second kappa shape index (κ2) is 6.75. The van der Waals surface area contributed by atoms with Crippen molar-refractivity contribution >= 4 is 17.4 Å². The molecule has 0 radical (unpaired) electrons. The van der Waals surface area contributed by atoms with Crippen LogP contribution in [0.25, 0.3) is 11.1 Å². The van der Waals surface area contributed by atoms with Gasteiger partial charge in [0.05, 0.1) is 0 Å². The molecular formula is C19H15FN2O. The fraction of sp³-hybridized carbons (Fsp3) is 0. The molecule has 0 aliphatic rings. The summed E-state index contributed by atoms with van der Waals surface area (Å²) in [5.74, 6) is -0.394. The molecule has 0 spiro atoms. The third-order valence-electron chi connectivity index (χ3n) is 3.33. The Morgan fingerprint density at radius 3 is 2.04 bits per heavy atom. The molecule has 0 aliphatic carbocycles. The van der Waals surface area contributed by atoms with E-state index >= 15 is 0 Å². The first kappa shape index (κ1) is 14.8. The number of nitrogens with one attached hydrogen (secondary N) is 2. The molecule has 0 heterocycles. The molecular weight excluding hydrogens is 291 g/mol. The number of hydrogen-bond acceptors (Lipinski definition) is 1. The van der Waals surface area contributed by atoms with Crippen LogP contribution in [0.3, 0.4) is 0 Å². The molecule has 23 heavy (non-hydrogen) atoms. The fourth-order valence-electron chi connectivity index (χ4n) is 2.24. The highest BCUT2D eigenvalue weighted by Gasteiger charge is 2.04. The molecule has 0 fully saturated rings. The van der Waals surface area contributed by atoms with Gasteiger partial charge in [-0.2, -0.15) is 0 Å². The first-order valence-corrected chi connectivity index (χ1v) is 7.20. The fourth-order valence-corrected chi connectivity index (χ4v) is 2.24. The summed E-state index contributed by atoms with van der Waals surface area (Å²) in [4.78, 5) is 11.9. The van der Waals surface area contributed by atoms with Gasteiger partial charge in [0.15, 0.2) is 0 Å². The van der Waals surface area contributed by atoms with E-state index in [2.05, 4.69) is 10.6 Å². The van der Waals surface area contributed by atoms with Crippen molar-refractivity contribution in [2.75, 3.05) is 10.6 Å². The molecule has 0 aliphatic heterocycles. The first-order chi connectivity index (χ1) is 11.2. The molecule has 3 nitrogen and oxygen atoms in total. The molecule has 0 saturated heterocycles. The molecule has 4 heteroatoms. The second-order valence-electron chi connectivity index (χ2n) is 5.03. The molecule has 3 rings (SSSR count). The minimum Gasteiger partial charge on any atom is -0.308 e. The Bertz CT molecular complexity index is 801. The number of benzene rings is 3. The van der Waals surface area contributed by atoms with E-state index in [4.69, 9.17) is 0 Å². The van der Waals surface area contributed by atoms with Crippen LogP contribution in [0.2, 0.25) is 0 Å². The maximum absolute atomic E-state index is 13.1. The van der Waals surface area contributed by atoms with Gasteiger partial charge in [-0.3, -0.25) is 0 Å². The summed E-state index contributed by atoms with van der Waals surface area (Å²) in [5, 5.41) is 5.30. The lowest BCUT2D eigenvalue weighted by Gasteiger charge is -2.08. The van der Waals surface area contributed by atoms with Crippen LogP contribution >= 0.6 is 0 Å². The highest BCUT2D eigenvalue weighted by atomic mass is 19.1. The van der Waals surface area contributed by atoms with E-state index in [9.17, 15) is 9.18 Å². The molecule has 2 N–H and O–H groups in total. The minimum absolute atomic E-state index is 0.394. The zero-order chi connectivity index (χ0) is 16.1. The summed E-state index contributed by atoms with van der Waals surface area (Å²) < 4.78 is 13.1. The van der Waals surface area contributed by atoms with Gasteiger partial charge < -0.3 is 10.6 Å². The number of halogens is 1. The Kier molecular flexibility index (Phi) is 4.34. The standard InChI is InChI=1S/C19H15FN2O/c20-16-7-4-8-18(13-16)22-19(23)21-17-11-9-15(10-12-17)14-5-2-1-3-6-14/h1-13H,(H2,21,22,23). The van der Waals surface area contributed by atoms with Crippen molar-refractivity contribution in [3.63, 3.8) is 0 Å². The van der Waals surface area contributed by atoms with Crippen LogP contribution in [0, 0.1) is 5.82 Å². The van der Waals surface area contributed by atoms with Gasteiger partial charge >= 0.3 is 6.03 Å². The normalized spacial score (nSPS) is 10.1. The van der Waals surface area contributed by atoms with Gasteiger partial charge in [0, 0.05) is 11.4 Å². The van der Waals surface area contributed by atoms with Crippen LogP contribution < -0.4 is 10.6 Å². The van der Waals surface area contributed by atoms with Gasteiger partial charge in [-0.25, -0.2) is 9.18 Å². The third kappa shape index (κ3) is 3.95. The molecule has 0 aromatic heterocycles. The zero-order valence-corrected chi connectivity index (χ0v) is 12.3. The highest BCUT2D eigenvalue weighted by molar-refractivity contribution is 5.99. The number of rotatable bonds is 3. The van der Waals surface area contributed by atoms with Crippen molar-refractivity contribution in [1.82, 2.24) is 0 Å². The van der Waals surface area contributed by atoms with Gasteiger partial charge in [-0.15, -0.1) is 0 Å². The predicted molar refractivity (Wildman–Crippen MR) is 90.9 cm³/mol. The maximum atomic E-state index is 13.1. The molecule has 3 aromatic rings. The molecule has 0 saturated carbocycles. The molecule has 114 valence electrons. The smallest absolute Gasteiger partial charge is 0.308 e. The zero-order valence-electron chi connectivity index (χ0n) is 12.3. The molecule has 2 amide bonds. The number of hydrogen-bond donors (Lipinski definition) is 2. The van der Waals surface area contributed by atoms with Crippen LogP contribution in [0.1, 0.15) is 0 Å². The van der Waals surface area contributed by atoms with E-state index in [1.165, 1.54) is 12.1 Å². The number of anilines is 2. The van der Waals surface area contributed by atoms with E-state index in [1.54, 1.807) is 12.1 Å². The van der Waals surface area contributed by atoms with E-state index < -0.39 is 11.8 Å². The summed E-state index contributed by atoms with van der Waals surface area (Å²) in [5.41, 5.74) is 3.26. The summed E-state index contributed by atoms with van der Waals surface area (Å²) >= 11 is 0. The summed E-state index contributed by atoms with van der Waals surface area (Å²) in [7, 11) is 0. The van der Waals surface area contributed by atoms with Crippen molar-refractivity contribution in [3.8, 4) is 11.1 Å². The van der Waals surface area contributed by atoms with Crippen molar-refractivity contribution in [1.29, 1.82) is 0 Å². The van der Waals surface area contributed by atoms with Crippen molar-refractivity contribution in [2.24, 2.45) is 0 Å².